The van der Waals surface area contributed by atoms with Crippen LogP contribution in [0.2, 0.25) is 0 Å². The van der Waals surface area contributed by atoms with Crippen molar-refractivity contribution in [3.8, 4) is 0 Å². The lowest BCUT2D eigenvalue weighted by Gasteiger charge is -2.39. The van der Waals surface area contributed by atoms with Crippen LogP contribution in [0.3, 0.4) is 0 Å². The first-order valence-electron chi connectivity index (χ1n) is 9.04. The monoisotopic (exact) mass is 395 g/mol. The number of sulfonamides is 1. The van der Waals surface area contributed by atoms with Crippen molar-refractivity contribution in [3.63, 3.8) is 0 Å². The number of carbonyl (C=O) groups excluding carboxylic acids is 2. The van der Waals surface area contributed by atoms with Gasteiger partial charge >= 0.3 is 0 Å². The number of ether oxygens (including phenoxy) is 1. The molecule has 27 heavy (non-hydrogen) atoms. The standard InChI is InChI=1S/C18H25N3O5S/c1-12-4-3-7-20(15(12)11-19)17(22)13-5-6-14-16(10-13)27(24,25)21(18(14)23)8-9-26-2/h5-6,10,12,15H,3-4,7-9,11,19H2,1-2H3/t12-,15+/m1/s1. The number of hydrogen-bond donors (Lipinski definition) is 1. The molecule has 0 aliphatic carbocycles. The maximum absolute atomic E-state index is 13.0. The van der Waals surface area contributed by atoms with Crippen LogP contribution in [0.25, 0.3) is 0 Å². The second-order valence-electron chi connectivity index (χ2n) is 7.01. The van der Waals surface area contributed by atoms with E-state index < -0.39 is 15.9 Å². The number of hydrogen-bond acceptors (Lipinski definition) is 6. The first kappa shape index (κ1) is 19.8. The summed E-state index contributed by atoms with van der Waals surface area (Å²) >= 11 is 0. The van der Waals surface area contributed by atoms with Gasteiger partial charge in [0.25, 0.3) is 21.8 Å². The fourth-order valence-corrected chi connectivity index (χ4v) is 5.41. The van der Waals surface area contributed by atoms with Crippen LogP contribution < -0.4 is 5.73 Å². The number of benzene rings is 1. The zero-order valence-corrected chi connectivity index (χ0v) is 16.4. The third kappa shape index (κ3) is 3.35. The van der Waals surface area contributed by atoms with Crippen LogP contribution in [0.1, 0.15) is 40.5 Å². The van der Waals surface area contributed by atoms with Gasteiger partial charge in [0.15, 0.2) is 0 Å². The van der Waals surface area contributed by atoms with Crippen molar-refractivity contribution in [2.45, 2.75) is 30.7 Å². The molecule has 3 rings (SSSR count). The Labute approximate surface area is 159 Å². The SMILES string of the molecule is COCCN1C(=O)c2ccc(C(=O)N3CCC[C@@H](C)[C@@H]3CN)cc2S1(=O)=O. The molecule has 2 heterocycles. The summed E-state index contributed by atoms with van der Waals surface area (Å²) in [4.78, 5) is 27.0. The molecule has 1 fully saturated rings. The van der Waals surface area contributed by atoms with Gasteiger partial charge in [-0.15, -0.1) is 0 Å². The fraction of sp³-hybridized carbons (Fsp3) is 0.556. The molecule has 0 bridgehead atoms. The number of fused-ring (bicyclic) bond motifs is 1. The predicted molar refractivity (Wildman–Crippen MR) is 98.8 cm³/mol. The van der Waals surface area contributed by atoms with Gasteiger partial charge in [-0.3, -0.25) is 9.59 Å². The van der Waals surface area contributed by atoms with Gasteiger partial charge in [0, 0.05) is 31.8 Å². The van der Waals surface area contributed by atoms with E-state index >= 15 is 0 Å². The highest BCUT2D eigenvalue weighted by atomic mass is 32.2. The van der Waals surface area contributed by atoms with Crippen molar-refractivity contribution in [3.05, 3.63) is 29.3 Å². The van der Waals surface area contributed by atoms with Gasteiger partial charge in [-0.25, -0.2) is 12.7 Å². The van der Waals surface area contributed by atoms with E-state index in [2.05, 4.69) is 6.92 Å². The Bertz CT molecular complexity index is 855. The lowest BCUT2D eigenvalue weighted by atomic mass is 9.90. The number of amides is 2. The second kappa shape index (κ2) is 7.57. The Balaban J connectivity index is 1.93. The maximum atomic E-state index is 13.0. The van der Waals surface area contributed by atoms with E-state index in [0.29, 0.717) is 13.1 Å². The van der Waals surface area contributed by atoms with Gasteiger partial charge in [0.05, 0.1) is 18.7 Å². The summed E-state index contributed by atoms with van der Waals surface area (Å²) in [6, 6.07) is 4.17. The minimum Gasteiger partial charge on any atom is -0.383 e. The number of piperidine rings is 1. The highest BCUT2D eigenvalue weighted by Crippen LogP contribution is 2.32. The van der Waals surface area contributed by atoms with E-state index in [1.165, 1.54) is 25.3 Å². The molecule has 0 saturated carbocycles. The number of carbonyl (C=O) groups is 2. The second-order valence-corrected chi connectivity index (χ2v) is 8.84. The minimum absolute atomic E-state index is 0.0610. The van der Waals surface area contributed by atoms with Gasteiger partial charge in [-0.05, 0) is 37.0 Å². The molecule has 148 valence electrons. The average Bonchev–Trinajstić information content (AvgIpc) is 2.84. The van der Waals surface area contributed by atoms with E-state index in [4.69, 9.17) is 10.5 Å². The Kier molecular flexibility index (Phi) is 5.55. The van der Waals surface area contributed by atoms with E-state index in [9.17, 15) is 18.0 Å². The zero-order chi connectivity index (χ0) is 19.8. The van der Waals surface area contributed by atoms with Gasteiger partial charge in [-0.2, -0.15) is 0 Å². The molecule has 0 unspecified atom stereocenters. The maximum Gasteiger partial charge on any atom is 0.269 e. The summed E-state index contributed by atoms with van der Waals surface area (Å²) in [5.41, 5.74) is 6.21. The van der Waals surface area contributed by atoms with Gasteiger partial charge in [0.1, 0.15) is 4.90 Å². The lowest BCUT2D eigenvalue weighted by Crippen LogP contribution is -2.51. The fourth-order valence-electron chi connectivity index (χ4n) is 3.83. The third-order valence-corrected chi connectivity index (χ3v) is 7.19. The Morgan fingerprint density at radius 1 is 1.37 bits per heavy atom. The first-order chi connectivity index (χ1) is 12.8. The summed E-state index contributed by atoms with van der Waals surface area (Å²) in [5, 5.41) is 0. The number of rotatable bonds is 5. The predicted octanol–water partition coefficient (Wildman–Crippen LogP) is 0.677. The van der Waals surface area contributed by atoms with Crippen LogP contribution in [0, 0.1) is 5.92 Å². The molecule has 9 heteroatoms. The van der Waals surface area contributed by atoms with Crippen LogP contribution in [0.4, 0.5) is 0 Å². The zero-order valence-electron chi connectivity index (χ0n) is 15.6. The summed E-state index contributed by atoms with van der Waals surface area (Å²) in [7, 11) is -2.54. The van der Waals surface area contributed by atoms with Crippen molar-refractivity contribution < 1.29 is 22.7 Å². The molecule has 2 aliphatic heterocycles. The topological polar surface area (TPSA) is 110 Å². The van der Waals surface area contributed by atoms with Crippen LogP contribution in [0.5, 0.6) is 0 Å². The van der Waals surface area contributed by atoms with E-state index in [1.807, 2.05) is 0 Å². The van der Waals surface area contributed by atoms with Crippen molar-refractivity contribution in [1.82, 2.24) is 9.21 Å². The smallest absolute Gasteiger partial charge is 0.269 e. The van der Waals surface area contributed by atoms with Crippen LogP contribution >= 0.6 is 0 Å². The van der Waals surface area contributed by atoms with Gasteiger partial charge in [0.2, 0.25) is 0 Å². The number of likely N-dealkylation sites (tertiary alicyclic amines) is 1. The van der Waals surface area contributed by atoms with Crippen LogP contribution in [0.15, 0.2) is 23.1 Å². The quantitative estimate of drug-likeness (QED) is 0.785. The normalized spacial score (nSPS) is 24.2. The average molecular weight is 395 g/mol. The molecule has 0 radical (unpaired) electrons. The van der Waals surface area contributed by atoms with Crippen molar-refractivity contribution in [2.75, 3.05) is 33.4 Å². The molecule has 2 N–H and O–H groups in total. The van der Waals surface area contributed by atoms with Gasteiger partial charge < -0.3 is 15.4 Å². The summed E-state index contributed by atoms with van der Waals surface area (Å²) in [6.07, 6.45) is 1.89. The Morgan fingerprint density at radius 3 is 2.78 bits per heavy atom. The van der Waals surface area contributed by atoms with Crippen LogP contribution in [-0.2, 0) is 14.8 Å². The van der Waals surface area contributed by atoms with E-state index in [0.717, 1.165) is 17.1 Å². The van der Waals surface area contributed by atoms with Crippen LogP contribution in [-0.4, -0.2) is 68.8 Å². The minimum atomic E-state index is -3.98. The van der Waals surface area contributed by atoms with Crippen molar-refractivity contribution in [2.24, 2.45) is 11.7 Å². The largest absolute Gasteiger partial charge is 0.383 e. The molecular weight excluding hydrogens is 370 g/mol. The third-order valence-electron chi connectivity index (χ3n) is 5.37. The highest BCUT2D eigenvalue weighted by Gasteiger charge is 2.42. The van der Waals surface area contributed by atoms with E-state index in [-0.39, 0.29) is 47.0 Å². The molecule has 2 amide bonds. The molecular formula is C18H25N3O5S. The molecule has 2 aliphatic rings. The Morgan fingerprint density at radius 2 is 2.11 bits per heavy atom. The number of methoxy groups -OCH3 is 1. The molecule has 1 aromatic rings. The molecule has 1 aromatic carbocycles. The molecule has 8 nitrogen and oxygen atoms in total. The highest BCUT2D eigenvalue weighted by molar-refractivity contribution is 7.90. The van der Waals surface area contributed by atoms with E-state index in [1.54, 1.807) is 4.90 Å². The molecule has 0 spiro atoms. The lowest BCUT2D eigenvalue weighted by molar-refractivity contribution is 0.0532. The first-order valence-corrected chi connectivity index (χ1v) is 10.5. The molecule has 2 atom stereocenters. The van der Waals surface area contributed by atoms with Crippen molar-refractivity contribution >= 4 is 21.8 Å². The summed E-state index contributed by atoms with van der Waals surface area (Å²) < 4.78 is 31.1. The molecule has 1 saturated heterocycles. The molecule has 0 aromatic heterocycles. The Hall–Kier alpha value is -1.97. The van der Waals surface area contributed by atoms with Gasteiger partial charge in [-0.1, -0.05) is 6.92 Å². The number of nitrogens with zero attached hydrogens (tertiary/aromatic N) is 2. The summed E-state index contributed by atoms with van der Waals surface area (Å²) in [6.45, 7) is 3.06. The van der Waals surface area contributed by atoms with Crippen molar-refractivity contribution in [1.29, 1.82) is 0 Å². The number of nitrogens with two attached hydrogens (primary N) is 1. The summed E-state index contributed by atoms with van der Waals surface area (Å²) in [5.74, 6) is -0.553.